The van der Waals surface area contributed by atoms with Gasteiger partial charge < -0.3 is 5.11 Å². The molecular weight excluding hydrogens is 329 g/mol. The van der Waals surface area contributed by atoms with Gasteiger partial charge in [0, 0.05) is 0 Å². The van der Waals surface area contributed by atoms with Crippen LogP contribution in [0.25, 0.3) is 0 Å². The summed E-state index contributed by atoms with van der Waals surface area (Å²) in [6.07, 6.45) is -9.56. The number of alkyl halides is 5. The molecule has 0 saturated heterocycles. The minimum atomic E-state index is -5.09. The predicted molar refractivity (Wildman–Crippen MR) is 53.2 cm³/mol. The van der Waals surface area contributed by atoms with Crippen molar-refractivity contribution in [2.75, 3.05) is 0 Å². The lowest BCUT2D eigenvalue weighted by molar-refractivity contribution is -0.141. The number of nitrogens with zero attached hydrogens (tertiary/aromatic N) is 1. The Morgan fingerprint density at radius 1 is 1.44 bits per heavy atom. The topological polar surface area (TPSA) is 50.2 Å². The van der Waals surface area contributed by atoms with Crippen molar-refractivity contribution >= 4 is 21.9 Å². The smallest absolute Gasteiger partial charge is 0.418 e. The molecule has 0 spiro atoms. The zero-order valence-electron chi connectivity index (χ0n) is 8.43. The second-order valence-corrected chi connectivity index (χ2v) is 4.05. The van der Waals surface area contributed by atoms with Crippen molar-refractivity contribution in [1.82, 2.24) is 4.98 Å². The van der Waals surface area contributed by atoms with E-state index in [-0.39, 0.29) is 4.60 Å². The fourth-order valence-electron chi connectivity index (χ4n) is 1.37. The number of hydrogen-bond acceptors (Lipinski definition) is 2. The minimum Gasteiger partial charge on any atom is -0.481 e. The Labute approximate surface area is 106 Å². The van der Waals surface area contributed by atoms with Crippen LogP contribution >= 0.6 is 15.9 Å². The lowest BCUT2D eigenvalue weighted by Gasteiger charge is -2.16. The SMILES string of the molecule is O=C(O)Cc1cc(Br)nc(C(F)F)c1C(F)(F)F. The molecule has 0 saturated carbocycles. The van der Waals surface area contributed by atoms with Crippen molar-refractivity contribution in [3.05, 3.63) is 27.5 Å². The van der Waals surface area contributed by atoms with Gasteiger partial charge in [0.1, 0.15) is 10.3 Å². The Hall–Kier alpha value is -1.25. The average Bonchev–Trinajstić information content (AvgIpc) is 2.12. The second kappa shape index (κ2) is 5.17. The van der Waals surface area contributed by atoms with Crippen molar-refractivity contribution in [2.45, 2.75) is 19.0 Å². The fraction of sp³-hybridized carbons (Fsp3) is 0.333. The van der Waals surface area contributed by atoms with Crippen LogP contribution in [0.15, 0.2) is 10.7 Å². The predicted octanol–water partition coefficient (Wildman–Crippen LogP) is 3.43. The van der Waals surface area contributed by atoms with Crippen LogP contribution in [0.3, 0.4) is 0 Å². The van der Waals surface area contributed by atoms with Crippen molar-refractivity contribution in [3.63, 3.8) is 0 Å². The number of carboxylic acid groups (broad SMARTS) is 1. The van der Waals surface area contributed by atoms with E-state index in [9.17, 15) is 26.7 Å². The highest BCUT2D eigenvalue weighted by Crippen LogP contribution is 2.38. The quantitative estimate of drug-likeness (QED) is 0.681. The van der Waals surface area contributed by atoms with Crippen LogP contribution in [-0.2, 0) is 17.4 Å². The van der Waals surface area contributed by atoms with E-state index < -0.39 is 41.8 Å². The van der Waals surface area contributed by atoms with E-state index >= 15 is 0 Å². The van der Waals surface area contributed by atoms with Crippen LogP contribution in [-0.4, -0.2) is 16.1 Å². The molecular formula is C9H5BrF5NO2. The summed E-state index contributed by atoms with van der Waals surface area (Å²) in [5, 5.41) is 8.49. The van der Waals surface area contributed by atoms with Gasteiger partial charge >= 0.3 is 12.1 Å². The van der Waals surface area contributed by atoms with Gasteiger partial charge in [-0.1, -0.05) is 0 Å². The maximum absolute atomic E-state index is 12.7. The molecule has 1 aromatic heterocycles. The summed E-state index contributed by atoms with van der Waals surface area (Å²) in [5.41, 5.74) is -3.93. The number of aliphatic carboxylic acids is 1. The maximum Gasteiger partial charge on any atom is 0.418 e. The van der Waals surface area contributed by atoms with E-state index in [4.69, 9.17) is 5.11 Å². The highest BCUT2D eigenvalue weighted by atomic mass is 79.9. The fourth-order valence-corrected chi connectivity index (χ4v) is 1.84. The molecule has 0 aliphatic rings. The molecule has 0 bridgehead atoms. The van der Waals surface area contributed by atoms with Gasteiger partial charge in [-0.2, -0.15) is 13.2 Å². The van der Waals surface area contributed by atoms with Crippen LogP contribution in [0, 0.1) is 0 Å². The molecule has 0 aromatic carbocycles. The van der Waals surface area contributed by atoms with Crippen LogP contribution < -0.4 is 0 Å². The molecule has 3 nitrogen and oxygen atoms in total. The van der Waals surface area contributed by atoms with Gasteiger partial charge in [0.2, 0.25) is 0 Å². The number of hydrogen-bond donors (Lipinski definition) is 1. The van der Waals surface area contributed by atoms with Crippen molar-refractivity contribution in [3.8, 4) is 0 Å². The third-order valence-electron chi connectivity index (χ3n) is 1.93. The Balaban J connectivity index is 3.53. The van der Waals surface area contributed by atoms with E-state index in [1.54, 1.807) is 0 Å². The molecule has 0 atom stereocenters. The summed E-state index contributed by atoms with van der Waals surface area (Å²) in [5.74, 6) is -1.56. The zero-order chi connectivity index (χ0) is 14.1. The number of carboxylic acids is 1. The third kappa shape index (κ3) is 3.37. The molecule has 0 aliphatic heterocycles. The van der Waals surface area contributed by atoms with E-state index in [2.05, 4.69) is 20.9 Å². The number of carbonyl (C=O) groups is 1. The molecule has 1 heterocycles. The summed E-state index contributed by atoms with van der Waals surface area (Å²) >= 11 is 2.67. The molecule has 0 aliphatic carbocycles. The van der Waals surface area contributed by atoms with E-state index in [0.29, 0.717) is 0 Å². The van der Waals surface area contributed by atoms with E-state index in [1.807, 2.05) is 0 Å². The van der Waals surface area contributed by atoms with Crippen molar-refractivity contribution in [2.24, 2.45) is 0 Å². The van der Waals surface area contributed by atoms with E-state index in [1.165, 1.54) is 0 Å². The largest absolute Gasteiger partial charge is 0.481 e. The van der Waals surface area contributed by atoms with Gasteiger partial charge in [-0.3, -0.25) is 4.79 Å². The first kappa shape index (κ1) is 14.8. The van der Waals surface area contributed by atoms with Gasteiger partial charge in [0.15, 0.2) is 0 Å². The summed E-state index contributed by atoms with van der Waals surface area (Å²) in [7, 11) is 0. The normalized spacial score (nSPS) is 11.9. The Morgan fingerprint density at radius 2 is 2.00 bits per heavy atom. The second-order valence-electron chi connectivity index (χ2n) is 3.23. The lowest BCUT2D eigenvalue weighted by atomic mass is 10.0. The number of halogens is 6. The Bertz CT molecular complexity index is 475. The standard InChI is InChI=1S/C9H5BrF5NO2/c10-4-1-3(2-5(17)18)6(9(13,14)15)7(16-4)8(11)12/h1,8H,2H2,(H,17,18). The molecule has 0 amide bonds. The van der Waals surface area contributed by atoms with Gasteiger partial charge in [0.05, 0.1) is 12.0 Å². The van der Waals surface area contributed by atoms with Crippen molar-refractivity contribution in [1.29, 1.82) is 0 Å². The van der Waals surface area contributed by atoms with Gasteiger partial charge in [-0.05, 0) is 27.6 Å². The number of pyridine rings is 1. The Kier molecular flexibility index (Phi) is 4.25. The molecule has 0 unspecified atom stereocenters. The summed E-state index contributed by atoms with van der Waals surface area (Å²) < 4.78 is 62.8. The van der Waals surface area contributed by atoms with Gasteiger partial charge in [-0.15, -0.1) is 0 Å². The average molecular weight is 334 g/mol. The van der Waals surface area contributed by atoms with Gasteiger partial charge in [0.25, 0.3) is 6.43 Å². The Morgan fingerprint density at radius 3 is 2.39 bits per heavy atom. The summed E-state index contributed by atoms with van der Waals surface area (Å²) in [6, 6.07) is 0.767. The highest BCUT2D eigenvalue weighted by molar-refractivity contribution is 9.10. The van der Waals surface area contributed by atoms with Crippen molar-refractivity contribution < 1.29 is 31.9 Å². The molecule has 9 heteroatoms. The van der Waals surface area contributed by atoms with E-state index in [0.717, 1.165) is 6.07 Å². The first-order valence-electron chi connectivity index (χ1n) is 4.39. The summed E-state index contributed by atoms with van der Waals surface area (Å²) in [4.78, 5) is 13.5. The monoisotopic (exact) mass is 333 g/mol. The zero-order valence-corrected chi connectivity index (χ0v) is 10.0. The summed E-state index contributed by atoms with van der Waals surface area (Å²) in [6.45, 7) is 0. The number of aromatic nitrogens is 1. The maximum atomic E-state index is 12.7. The lowest BCUT2D eigenvalue weighted by Crippen LogP contribution is -2.17. The van der Waals surface area contributed by atoms with Crippen LogP contribution in [0.5, 0.6) is 0 Å². The highest BCUT2D eigenvalue weighted by Gasteiger charge is 2.40. The molecule has 0 radical (unpaired) electrons. The minimum absolute atomic E-state index is 0.276. The molecule has 1 rings (SSSR count). The number of rotatable bonds is 3. The molecule has 100 valence electrons. The molecule has 0 fully saturated rings. The molecule has 1 N–H and O–H groups in total. The first-order chi connectivity index (χ1) is 8.12. The van der Waals surface area contributed by atoms with Crippen LogP contribution in [0.4, 0.5) is 22.0 Å². The van der Waals surface area contributed by atoms with Crippen LogP contribution in [0.2, 0.25) is 0 Å². The molecule has 18 heavy (non-hydrogen) atoms. The van der Waals surface area contributed by atoms with Crippen LogP contribution in [0.1, 0.15) is 23.2 Å². The van der Waals surface area contributed by atoms with Gasteiger partial charge in [-0.25, -0.2) is 13.8 Å². The third-order valence-corrected chi connectivity index (χ3v) is 2.34. The first-order valence-corrected chi connectivity index (χ1v) is 5.18. The molecule has 1 aromatic rings.